The Hall–Kier alpha value is -2.07. The molecule has 0 aromatic heterocycles. The van der Waals surface area contributed by atoms with Crippen LogP contribution in [0.15, 0.2) is 64.8 Å². The zero-order valence-electron chi connectivity index (χ0n) is 11.4. The summed E-state index contributed by atoms with van der Waals surface area (Å²) in [5.41, 5.74) is 9.26. The molecule has 0 radical (unpaired) electrons. The van der Waals surface area contributed by atoms with Gasteiger partial charge in [-0.25, -0.2) is 0 Å². The van der Waals surface area contributed by atoms with Gasteiger partial charge < -0.3 is 5.73 Å². The molecule has 0 unspecified atom stereocenters. The maximum atomic E-state index is 5.81. The Morgan fingerprint density at radius 3 is 2.70 bits per heavy atom. The van der Waals surface area contributed by atoms with Gasteiger partial charge in [-0.2, -0.15) is 5.10 Å². The van der Waals surface area contributed by atoms with Crippen molar-refractivity contribution in [2.24, 2.45) is 15.9 Å². The molecule has 0 atom stereocenters. The fourth-order valence-electron chi connectivity index (χ4n) is 1.66. The highest BCUT2D eigenvalue weighted by molar-refractivity contribution is 8.13. The summed E-state index contributed by atoms with van der Waals surface area (Å²) in [6.07, 6.45) is 1.71. The van der Waals surface area contributed by atoms with Crippen molar-refractivity contribution in [2.75, 3.05) is 0 Å². The molecule has 2 N–H and O–H groups in total. The molecule has 3 nitrogen and oxygen atoms in total. The third-order valence-corrected chi connectivity index (χ3v) is 3.49. The molecule has 20 heavy (non-hydrogen) atoms. The van der Waals surface area contributed by atoms with Crippen molar-refractivity contribution >= 4 is 23.1 Å². The Bertz CT molecular complexity index is 606. The van der Waals surface area contributed by atoms with E-state index in [4.69, 9.17) is 5.73 Å². The highest BCUT2D eigenvalue weighted by Crippen LogP contribution is 2.11. The van der Waals surface area contributed by atoms with E-state index >= 15 is 0 Å². The summed E-state index contributed by atoms with van der Waals surface area (Å²) in [5.74, 6) is 0.802. The minimum absolute atomic E-state index is 0.470. The molecule has 0 aliphatic rings. The van der Waals surface area contributed by atoms with Crippen LogP contribution in [0.3, 0.4) is 0 Å². The SMILES string of the molecule is Cc1cccc(C=NN=C(N)SCc2ccccc2)c1. The first kappa shape index (κ1) is 14.3. The number of hydrogen-bond donors (Lipinski definition) is 1. The van der Waals surface area contributed by atoms with E-state index in [0.29, 0.717) is 5.17 Å². The van der Waals surface area contributed by atoms with Gasteiger partial charge in [0.2, 0.25) is 0 Å². The van der Waals surface area contributed by atoms with Crippen molar-refractivity contribution in [1.29, 1.82) is 0 Å². The van der Waals surface area contributed by atoms with Gasteiger partial charge in [0.1, 0.15) is 0 Å². The standard InChI is InChI=1S/C16H17N3S/c1-13-6-5-9-15(10-13)11-18-19-16(17)20-12-14-7-3-2-4-8-14/h2-11H,12H2,1H3,(H2,17,19). The van der Waals surface area contributed by atoms with Crippen LogP contribution in [0.1, 0.15) is 16.7 Å². The van der Waals surface area contributed by atoms with Crippen molar-refractivity contribution < 1.29 is 0 Å². The maximum Gasteiger partial charge on any atom is 0.180 e. The van der Waals surface area contributed by atoms with E-state index in [0.717, 1.165) is 11.3 Å². The maximum absolute atomic E-state index is 5.81. The molecule has 0 saturated carbocycles. The predicted molar refractivity (Wildman–Crippen MR) is 88.1 cm³/mol. The molecule has 0 fully saturated rings. The lowest BCUT2D eigenvalue weighted by atomic mass is 10.2. The molecular formula is C16H17N3S. The van der Waals surface area contributed by atoms with Crippen LogP contribution in [0.25, 0.3) is 0 Å². The van der Waals surface area contributed by atoms with Crippen LogP contribution >= 0.6 is 11.8 Å². The molecule has 0 amide bonds. The fraction of sp³-hybridized carbons (Fsp3) is 0.125. The smallest absolute Gasteiger partial charge is 0.180 e. The number of thioether (sulfide) groups is 1. The van der Waals surface area contributed by atoms with Crippen LogP contribution in [0.5, 0.6) is 0 Å². The Labute approximate surface area is 123 Å². The zero-order chi connectivity index (χ0) is 14.2. The number of benzene rings is 2. The number of amidine groups is 1. The van der Waals surface area contributed by atoms with E-state index < -0.39 is 0 Å². The second-order valence-electron chi connectivity index (χ2n) is 4.37. The number of nitrogens with zero attached hydrogens (tertiary/aromatic N) is 2. The minimum atomic E-state index is 0.470. The average molecular weight is 283 g/mol. The van der Waals surface area contributed by atoms with Crippen LogP contribution in [0.2, 0.25) is 0 Å². The van der Waals surface area contributed by atoms with Crippen molar-refractivity contribution in [2.45, 2.75) is 12.7 Å². The first-order valence-corrected chi connectivity index (χ1v) is 7.32. The van der Waals surface area contributed by atoms with E-state index in [9.17, 15) is 0 Å². The second-order valence-corrected chi connectivity index (χ2v) is 5.37. The molecular weight excluding hydrogens is 266 g/mol. The molecule has 4 heteroatoms. The van der Waals surface area contributed by atoms with Crippen LogP contribution < -0.4 is 5.73 Å². The lowest BCUT2D eigenvalue weighted by molar-refractivity contribution is 1.25. The van der Waals surface area contributed by atoms with E-state index in [1.54, 1.807) is 6.21 Å². The van der Waals surface area contributed by atoms with Crippen LogP contribution in [0.4, 0.5) is 0 Å². The summed E-state index contributed by atoms with van der Waals surface area (Å²) in [5, 5.41) is 8.47. The Balaban J connectivity index is 1.87. The summed E-state index contributed by atoms with van der Waals surface area (Å²) in [4.78, 5) is 0. The van der Waals surface area contributed by atoms with Gasteiger partial charge in [-0.1, -0.05) is 71.9 Å². The zero-order valence-corrected chi connectivity index (χ0v) is 12.2. The van der Waals surface area contributed by atoms with Gasteiger partial charge in [-0.15, -0.1) is 5.10 Å². The molecule has 0 spiro atoms. The molecule has 0 heterocycles. The summed E-state index contributed by atoms with van der Waals surface area (Å²) in [7, 11) is 0. The molecule has 0 aliphatic heterocycles. The molecule has 2 aromatic carbocycles. The van der Waals surface area contributed by atoms with Gasteiger partial charge in [-0.05, 0) is 18.1 Å². The third kappa shape index (κ3) is 4.90. The van der Waals surface area contributed by atoms with Gasteiger partial charge in [0.25, 0.3) is 0 Å². The predicted octanol–water partition coefficient (Wildman–Crippen LogP) is 3.58. The summed E-state index contributed by atoms with van der Waals surface area (Å²) in [6, 6.07) is 18.2. The summed E-state index contributed by atoms with van der Waals surface area (Å²) in [6.45, 7) is 2.05. The molecule has 2 aromatic rings. The Morgan fingerprint density at radius 1 is 1.15 bits per heavy atom. The van der Waals surface area contributed by atoms with Gasteiger partial charge in [0, 0.05) is 5.75 Å². The first-order chi connectivity index (χ1) is 9.74. The number of rotatable bonds is 4. The van der Waals surface area contributed by atoms with Gasteiger partial charge in [0.15, 0.2) is 5.17 Å². The van der Waals surface area contributed by atoms with Crippen LogP contribution in [0, 0.1) is 6.92 Å². The van der Waals surface area contributed by atoms with Crippen molar-refractivity contribution in [1.82, 2.24) is 0 Å². The van der Waals surface area contributed by atoms with E-state index in [2.05, 4.69) is 22.3 Å². The first-order valence-electron chi connectivity index (χ1n) is 6.34. The van der Waals surface area contributed by atoms with E-state index in [1.165, 1.54) is 22.9 Å². The lowest BCUT2D eigenvalue weighted by Gasteiger charge is -1.99. The second kappa shape index (κ2) is 7.50. The highest BCUT2D eigenvalue weighted by atomic mass is 32.2. The molecule has 0 bridgehead atoms. The lowest BCUT2D eigenvalue weighted by Crippen LogP contribution is -2.05. The van der Waals surface area contributed by atoms with Crippen molar-refractivity contribution in [3.05, 3.63) is 71.3 Å². The van der Waals surface area contributed by atoms with Crippen LogP contribution in [-0.4, -0.2) is 11.4 Å². The molecule has 0 aliphatic carbocycles. The normalized spacial score (nSPS) is 11.9. The number of hydrogen-bond acceptors (Lipinski definition) is 3. The summed E-state index contributed by atoms with van der Waals surface area (Å²) >= 11 is 1.48. The molecule has 2 rings (SSSR count). The fourth-order valence-corrected chi connectivity index (χ4v) is 2.28. The van der Waals surface area contributed by atoms with Gasteiger partial charge in [0.05, 0.1) is 6.21 Å². The van der Waals surface area contributed by atoms with E-state index in [1.807, 2.05) is 49.4 Å². The van der Waals surface area contributed by atoms with Crippen molar-refractivity contribution in [3.63, 3.8) is 0 Å². The third-order valence-electron chi connectivity index (χ3n) is 2.63. The number of aryl methyl sites for hydroxylation is 1. The van der Waals surface area contributed by atoms with Gasteiger partial charge >= 0.3 is 0 Å². The monoisotopic (exact) mass is 283 g/mol. The Kier molecular flexibility index (Phi) is 5.38. The van der Waals surface area contributed by atoms with Gasteiger partial charge in [-0.3, -0.25) is 0 Å². The largest absolute Gasteiger partial charge is 0.377 e. The average Bonchev–Trinajstić information content (AvgIpc) is 2.46. The quantitative estimate of drug-likeness (QED) is 0.530. The summed E-state index contributed by atoms with van der Waals surface area (Å²) < 4.78 is 0. The minimum Gasteiger partial charge on any atom is -0.377 e. The van der Waals surface area contributed by atoms with Crippen LogP contribution in [-0.2, 0) is 5.75 Å². The number of nitrogens with two attached hydrogens (primary N) is 1. The molecule has 102 valence electrons. The van der Waals surface area contributed by atoms with Crippen molar-refractivity contribution in [3.8, 4) is 0 Å². The topological polar surface area (TPSA) is 50.7 Å². The highest BCUT2D eigenvalue weighted by Gasteiger charge is 1.95. The van der Waals surface area contributed by atoms with E-state index in [-0.39, 0.29) is 0 Å². The molecule has 0 saturated heterocycles. The Morgan fingerprint density at radius 2 is 1.95 bits per heavy atom.